The van der Waals surface area contributed by atoms with E-state index < -0.39 is 5.54 Å². The van der Waals surface area contributed by atoms with Crippen molar-refractivity contribution in [3.05, 3.63) is 69.9 Å². The summed E-state index contributed by atoms with van der Waals surface area (Å²) < 4.78 is 14.4. The van der Waals surface area contributed by atoms with Crippen LogP contribution in [0.3, 0.4) is 0 Å². The number of rotatable bonds is 4. The fourth-order valence-electron chi connectivity index (χ4n) is 1.96. The van der Waals surface area contributed by atoms with Gasteiger partial charge in [-0.2, -0.15) is 0 Å². The molecule has 0 radical (unpaired) electrons. The van der Waals surface area contributed by atoms with Crippen LogP contribution in [-0.2, 0) is 6.54 Å². The number of aromatic nitrogens is 1. The first-order chi connectivity index (χ1) is 9.83. The van der Waals surface area contributed by atoms with Gasteiger partial charge in [0, 0.05) is 24.3 Å². The lowest BCUT2D eigenvalue weighted by molar-refractivity contribution is 0.426. The second-order valence-corrected chi connectivity index (χ2v) is 5.80. The lowest BCUT2D eigenvalue weighted by Crippen LogP contribution is -2.40. The summed E-state index contributed by atoms with van der Waals surface area (Å²) in [5.74, 6) is -0.265. The monoisotopic (exact) mass is 286 g/mol. The molecule has 1 heterocycles. The smallest absolute Gasteiger partial charge is 0.251 e. The number of pyridine rings is 1. The predicted molar refractivity (Wildman–Crippen MR) is 84.3 cm³/mol. The summed E-state index contributed by atoms with van der Waals surface area (Å²) in [6.07, 6.45) is 5.40. The average molecular weight is 286 g/mol. The molecule has 3 nitrogen and oxygen atoms in total. The molecule has 0 aliphatic carbocycles. The van der Waals surface area contributed by atoms with Gasteiger partial charge in [-0.05, 0) is 43.2 Å². The van der Waals surface area contributed by atoms with Crippen molar-refractivity contribution in [2.24, 2.45) is 5.73 Å². The summed E-state index contributed by atoms with van der Waals surface area (Å²) in [6, 6.07) is 9.59. The summed E-state index contributed by atoms with van der Waals surface area (Å²) in [5, 5.41) is 0. The molecular weight excluding hydrogens is 267 g/mol. The molecule has 0 unspecified atom stereocenters. The molecule has 0 atom stereocenters. The number of nitrogens with zero attached hydrogens (tertiary/aromatic N) is 1. The molecule has 110 valence electrons. The quantitative estimate of drug-likeness (QED) is 0.939. The summed E-state index contributed by atoms with van der Waals surface area (Å²) in [6.45, 7) is 4.22. The zero-order valence-electron chi connectivity index (χ0n) is 12.2. The lowest BCUT2D eigenvalue weighted by Gasteiger charge is -2.19. The second kappa shape index (κ2) is 6.06. The van der Waals surface area contributed by atoms with E-state index in [1.165, 1.54) is 12.1 Å². The molecule has 21 heavy (non-hydrogen) atoms. The highest BCUT2D eigenvalue weighted by atomic mass is 19.1. The SMILES string of the molecule is CC(C)(N)Cn1ccc(/C=C/c2ccc(F)cc2)cc1=O. The Labute approximate surface area is 123 Å². The maximum Gasteiger partial charge on any atom is 0.251 e. The van der Waals surface area contributed by atoms with E-state index in [2.05, 4.69) is 0 Å². The molecule has 0 aliphatic rings. The number of halogens is 1. The van der Waals surface area contributed by atoms with Crippen molar-refractivity contribution in [2.75, 3.05) is 0 Å². The van der Waals surface area contributed by atoms with E-state index in [4.69, 9.17) is 5.73 Å². The molecule has 0 amide bonds. The molecule has 0 bridgehead atoms. The number of hydrogen-bond acceptors (Lipinski definition) is 2. The molecule has 0 spiro atoms. The van der Waals surface area contributed by atoms with Gasteiger partial charge in [-0.25, -0.2) is 4.39 Å². The Balaban J connectivity index is 2.17. The Morgan fingerprint density at radius 2 is 1.76 bits per heavy atom. The second-order valence-electron chi connectivity index (χ2n) is 5.80. The largest absolute Gasteiger partial charge is 0.324 e. The Morgan fingerprint density at radius 3 is 2.33 bits per heavy atom. The van der Waals surface area contributed by atoms with Crippen LogP contribution in [-0.4, -0.2) is 10.1 Å². The number of benzene rings is 1. The Kier molecular flexibility index (Phi) is 4.38. The highest BCUT2D eigenvalue weighted by Gasteiger charge is 2.11. The molecule has 1 aromatic heterocycles. The van der Waals surface area contributed by atoms with E-state index in [0.29, 0.717) is 6.54 Å². The molecule has 2 N–H and O–H groups in total. The standard InChI is InChI=1S/C17H19FN2O/c1-17(2,19)12-20-10-9-14(11-16(20)21)4-3-13-5-7-15(18)8-6-13/h3-11H,12,19H2,1-2H3/b4-3+. The summed E-state index contributed by atoms with van der Waals surface area (Å²) in [5.41, 5.74) is 7.07. The Bertz CT molecular complexity index is 694. The van der Waals surface area contributed by atoms with Gasteiger partial charge in [0.05, 0.1) is 0 Å². The normalized spacial score (nSPS) is 12.0. The van der Waals surface area contributed by atoms with Crippen LogP contribution in [0, 0.1) is 5.82 Å². The van der Waals surface area contributed by atoms with Gasteiger partial charge in [0.1, 0.15) is 5.82 Å². The van der Waals surface area contributed by atoms with Crippen molar-refractivity contribution in [3.8, 4) is 0 Å². The van der Waals surface area contributed by atoms with Gasteiger partial charge >= 0.3 is 0 Å². The van der Waals surface area contributed by atoms with Crippen LogP contribution in [0.4, 0.5) is 4.39 Å². The van der Waals surface area contributed by atoms with Crippen molar-refractivity contribution < 1.29 is 4.39 Å². The molecule has 0 saturated heterocycles. The van der Waals surface area contributed by atoms with Crippen molar-refractivity contribution in [1.29, 1.82) is 0 Å². The zero-order valence-corrected chi connectivity index (χ0v) is 12.2. The van der Waals surface area contributed by atoms with Crippen LogP contribution >= 0.6 is 0 Å². The summed E-state index contributed by atoms with van der Waals surface area (Å²) >= 11 is 0. The molecule has 2 rings (SSSR count). The van der Waals surface area contributed by atoms with E-state index in [1.54, 1.807) is 29.0 Å². The van der Waals surface area contributed by atoms with Crippen LogP contribution in [0.2, 0.25) is 0 Å². The van der Waals surface area contributed by atoms with E-state index in [0.717, 1.165) is 11.1 Å². The minimum Gasteiger partial charge on any atom is -0.324 e. The fraction of sp³-hybridized carbons (Fsp3) is 0.235. The first-order valence-electron chi connectivity index (χ1n) is 6.76. The first-order valence-corrected chi connectivity index (χ1v) is 6.76. The van der Waals surface area contributed by atoms with Crippen LogP contribution in [0.5, 0.6) is 0 Å². The minimum absolute atomic E-state index is 0.0882. The third-order valence-corrected chi connectivity index (χ3v) is 2.94. The predicted octanol–water partition coefficient (Wildman–Crippen LogP) is 2.90. The molecule has 0 fully saturated rings. The number of hydrogen-bond donors (Lipinski definition) is 1. The van der Waals surface area contributed by atoms with Gasteiger partial charge in [0.25, 0.3) is 5.56 Å². The highest BCUT2D eigenvalue weighted by Crippen LogP contribution is 2.08. The third kappa shape index (κ3) is 4.68. The van der Waals surface area contributed by atoms with Crippen molar-refractivity contribution >= 4 is 12.2 Å². The number of nitrogens with two attached hydrogens (primary N) is 1. The topological polar surface area (TPSA) is 48.0 Å². The van der Waals surface area contributed by atoms with Crippen molar-refractivity contribution in [2.45, 2.75) is 25.9 Å². The average Bonchev–Trinajstić information content (AvgIpc) is 2.40. The van der Waals surface area contributed by atoms with Gasteiger partial charge in [0.2, 0.25) is 0 Å². The van der Waals surface area contributed by atoms with Crippen molar-refractivity contribution in [3.63, 3.8) is 0 Å². The minimum atomic E-state index is -0.435. The van der Waals surface area contributed by atoms with E-state index >= 15 is 0 Å². The zero-order chi connectivity index (χ0) is 15.5. The molecule has 2 aromatic rings. The van der Waals surface area contributed by atoms with Crippen LogP contribution < -0.4 is 11.3 Å². The van der Waals surface area contributed by atoms with Crippen LogP contribution in [0.25, 0.3) is 12.2 Å². The van der Waals surface area contributed by atoms with E-state index in [-0.39, 0.29) is 11.4 Å². The van der Waals surface area contributed by atoms with Gasteiger partial charge in [0.15, 0.2) is 0 Å². The Morgan fingerprint density at radius 1 is 1.14 bits per heavy atom. The summed E-state index contributed by atoms with van der Waals surface area (Å²) in [4.78, 5) is 12.0. The van der Waals surface area contributed by atoms with Gasteiger partial charge in [-0.15, -0.1) is 0 Å². The summed E-state index contributed by atoms with van der Waals surface area (Å²) in [7, 11) is 0. The molecule has 1 aromatic carbocycles. The maximum absolute atomic E-state index is 12.8. The Hall–Kier alpha value is -2.20. The van der Waals surface area contributed by atoms with Crippen molar-refractivity contribution in [1.82, 2.24) is 4.57 Å². The first kappa shape index (κ1) is 15.2. The molecule has 0 saturated carbocycles. The van der Waals surface area contributed by atoms with Gasteiger partial charge < -0.3 is 10.3 Å². The highest BCUT2D eigenvalue weighted by molar-refractivity contribution is 5.69. The fourth-order valence-corrected chi connectivity index (χ4v) is 1.96. The third-order valence-electron chi connectivity index (χ3n) is 2.94. The van der Waals surface area contributed by atoms with Gasteiger partial charge in [-0.3, -0.25) is 4.79 Å². The molecule has 4 heteroatoms. The maximum atomic E-state index is 12.8. The molecule has 0 aliphatic heterocycles. The lowest BCUT2D eigenvalue weighted by atomic mass is 10.1. The van der Waals surface area contributed by atoms with E-state index in [9.17, 15) is 9.18 Å². The van der Waals surface area contributed by atoms with Gasteiger partial charge in [-0.1, -0.05) is 24.3 Å². The molecular formula is C17H19FN2O. The van der Waals surface area contributed by atoms with Crippen LogP contribution in [0.1, 0.15) is 25.0 Å². The van der Waals surface area contributed by atoms with Crippen LogP contribution in [0.15, 0.2) is 47.4 Å². The van der Waals surface area contributed by atoms with E-state index in [1.807, 2.05) is 32.1 Å².